The van der Waals surface area contributed by atoms with E-state index in [1.54, 1.807) is 31.2 Å². The van der Waals surface area contributed by atoms with Crippen molar-refractivity contribution < 1.29 is 31.5 Å². The van der Waals surface area contributed by atoms with Crippen molar-refractivity contribution >= 4 is 56.7 Å². The molecule has 9 nitrogen and oxygen atoms in total. The average Bonchev–Trinajstić information content (AvgIpc) is 3.54. The predicted molar refractivity (Wildman–Crippen MR) is 168 cm³/mol. The first kappa shape index (κ1) is 32.1. The van der Waals surface area contributed by atoms with Gasteiger partial charge >= 0.3 is 5.97 Å². The summed E-state index contributed by atoms with van der Waals surface area (Å²) in [4.78, 5) is 32.1. The monoisotopic (exact) mass is 688 g/mol. The number of imidazole rings is 1. The van der Waals surface area contributed by atoms with Gasteiger partial charge in [0.25, 0.3) is 15.9 Å². The van der Waals surface area contributed by atoms with Crippen molar-refractivity contribution in [2.24, 2.45) is 5.92 Å². The number of methoxy groups -OCH3 is 1. The Bertz CT molecular complexity index is 1920. The molecule has 0 saturated carbocycles. The normalized spacial score (nSPS) is 19.0. The van der Waals surface area contributed by atoms with Crippen LogP contribution < -0.4 is 4.90 Å². The van der Waals surface area contributed by atoms with E-state index in [9.17, 15) is 26.8 Å². The number of amides is 1. The molecule has 4 aromatic rings. The van der Waals surface area contributed by atoms with Gasteiger partial charge in [0.15, 0.2) is 5.03 Å². The topological polar surface area (TPSA) is 102 Å². The quantitative estimate of drug-likeness (QED) is 0.210. The number of hydrogen-bond donors (Lipinski definition) is 0. The van der Waals surface area contributed by atoms with Crippen LogP contribution in [0.15, 0.2) is 71.9 Å². The molecular formula is C32H28Cl2F2N4O5S. The van der Waals surface area contributed by atoms with E-state index in [0.29, 0.717) is 22.4 Å². The Morgan fingerprint density at radius 3 is 2.17 bits per heavy atom. The minimum absolute atomic E-state index is 0.0463. The minimum Gasteiger partial charge on any atom is -0.469 e. The standard InChI is InChI=1S/C32H28Cl2F2N4O5S/c1-32(17-19-3-5-20(6-4-19)22-11-25(35)16-26(36)12-22)30(42)39(27-14-23(33)13-24(34)15-27)31-37-18-28(40(31)32)46(43,44)38-9-7-21(8-10-38)29(41)45-2/h3-6,11-16,18,21H,7-10,17H2,1-2H3/t32-/m1/s1. The van der Waals surface area contributed by atoms with Crippen LogP contribution in [0, 0.1) is 17.6 Å². The number of anilines is 2. The summed E-state index contributed by atoms with van der Waals surface area (Å²) in [5, 5.41) is 0.359. The lowest BCUT2D eigenvalue weighted by molar-refractivity contribution is -0.146. The average molecular weight is 690 g/mol. The number of carbonyl (C=O) groups excluding carboxylic acids is 2. The van der Waals surface area contributed by atoms with Gasteiger partial charge in [-0.1, -0.05) is 47.5 Å². The van der Waals surface area contributed by atoms with Crippen LogP contribution in [0.4, 0.5) is 20.4 Å². The molecule has 46 heavy (non-hydrogen) atoms. The molecule has 240 valence electrons. The second-order valence-electron chi connectivity index (χ2n) is 11.5. The van der Waals surface area contributed by atoms with Crippen molar-refractivity contribution in [1.29, 1.82) is 0 Å². The third kappa shape index (κ3) is 5.68. The Balaban J connectivity index is 1.40. The Kier molecular flexibility index (Phi) is 8.43. The van der Waals surface area contributed by atoms with E-state index in [0.717, 1.165) is 6.07 Å². The fraction of sp³-hybridized carbons (Fsp3) is 0.281. The van der Waals surface area contributed by atoms with Gasteiger partial charge in [-0.3, -0.25) is 14.2 Å². The van der Waals surface area contributed by atoms with Gasteiger partial charge in [-0.2, -0.15) is 4.31 Å². The van der Waals surface area contributed by atoms with E-state index in [1.807, 2.05) is 0 Å². The van der Waals surface area contributed by atoms with Crippen molar-refractivity contribution in [2.75, 3.05) is 25.1 Å². The Morgan fingerprint density at radius 1 is 0.978 bits per heavy atom. The van der Waals surface area contributed by atoms with Crippen LogP contribution in [-0.4, -0.2) is 54.3 Å². The zero-order valence-electron chi connectivity index (χ0n) is 24.7. The molecule has 1 amide bonds. The van der Waals surface area contributed by atoms with Crippen LogP contribution in [0.3, 0.4) is 0 Å². The smallest absolute Gasteiger partial charge is 0.308 e. The van der Waals surface area contributed by atoms with Gasteiger partial charge in [0.05, 0.1) is 24.9 Å². The Hall–Kier alpha value is -3.84. The molecule has 6 rings (SSSR count). The van der Waals surface area contributed by atoms with Gasteiger partial charge in [-0.25, -0.2) is 27.1 Å². The summed E-state index contributed by atoms with van der Waals surface area (Å²) >= 11 is 12.6. The minimum atomic E-state index is -4.18. The number of sulfonamides is 1. The van der Waals surface area contributed by atoms with Crippen LogP contribution in [0.2, 0.25) is 10.0 Å². The number of halogens is 4. The number of fused-ring (bicyclic) bond motifs is 1. The number of rotatable bonds is 7. The van der Waals surface area contributed by atoms with Crippen molar-refractivity contribution in [2.45, 2.75) is 36.8 Å². The summed E-state index contributed by atoms with van der Waals surface area (Å²) < 4.78 is 63.5. The molecular weight excluding hydrogens is 661 g/mol. The van der Waals surface area contributed by atoms with E-state index in [4.69, 9.17) is 27.9 Å². The zero-order chi connectivity index (χ0) is 33.0. The first-order chi connectivity index (χ1) is 21.8. The number of carbonyl (C=O) groups is 2. The van der Waals surface area contributed by atoms with Gasteiger partial charge in [-0.05, 0) is 66.8 Å². The molecule has 0 bridgehead atoms. The Morgan fingerprint density at radius 2 is 1.59 bits per heavy atom. The van der Waals surface area contributed by atoms with Crippen LogP contribution in [0.5, 0.6) is 0 Å². The molecule has 14 heteroatoms. The molecule has 1 saturated heterocycles. The first-order valence-electron chi connectivity index (χ1n) is 14.3. The van der Waals surface area contributed by atoms with Gasteiger partial charge in [0.1, 0.15) is 17.2 Å². The van der Waals surface area contributed by atoms with E-state index in [1.165, 1.54) is 57.4 Å². The molecule has 0 spiro atoms. The van der Waals surface area contributed by atoms with E-state index in [-0.39, 0.29) is 59.3 Å². The fourth-order valence-electron chi connectivity index (χ4n) is 6.18. The fourth-order valence-corrected chi connectivity index (χ4v) is 8.35. The van der Waals surface area contributed by atoms with Gasteiger partial charge in [-0.15, -0.1) is 0 Å². The molecule has 3 heterocycles. The predicted octanol–water partition coefficient (Wildman–Crippen LogP) is 6.35. The molecule has 1 atom stereocenters. The highest BCUT2D eigenvalue weighted by molar-refractivity contribution is 7.89. The summed E-state index contributed by atoms with van der Waals surface area (Å²) in [7, 11) is -2.88. The first-order valence-corrected chi connectivity index (χ1v) is 16.5. The molecule has 0 aliphatic carbocycles. The molecule has 2 aliphatic rings. The van der Waals surface area contributed by atoms with Gasteiger partial charge < -0.3 is 4.74 Å². The van der Waals surface area contributed by atoms with E-state index >= 15 is 0 Å². The maximum atomic E-state index is 14.4. The maximum absolute atomic E-state index is 14.4. The van der Waals surface area contributed by atoms with Crippen molar-refractivity contribution in [3.8, 4) is 11.1 Å². The van der Waals surface area contributed by atoms with Crippen molar-refractivity contribution in [1.82, 2.24) is 13.9 Å². The lowest BCUT2D eigenvalue weighted by Gasteiger charge is -2.31. The number of ether oxygens (including phenoxy) is 1. The number of hydrogen-bond acceptors (Lipinski definition) is 6. The van der Waals surface area contributed by atoms with Gasteiger partial charge in [0, 0.05) is 35.6 Å². The number of esters is 1. The summed E-state index contributed by atoms with van der Waals surface area (Å²) in [6.45, 7) is 1.80. The van der Waals surface area contributed by atoms with Crippen LogP contribution >= 0.6 is 23.2 Å². The third-order valence-electron chi connectivity index (χ3n) is 8.46. The van der Waals surface area contributed by atoms with E-state index in [2.05, 4.69) is 4.98 Å². The summed E-state index contributed by atoms with van der Waals surface area (Å²) in [6, 6.07) is 14.6. The van der Waals surface area contributed by atoms with Gasteiger partial charge in [0.2, 0.25) is 5.95 Å². The molecule has 2 aliphatic heterocycles. The number of nitrogens with zero attached hydrogens (tertiary/aromatic N) is 4. The number of piperidine rings is 1. The summed E-state index contributed by atoms with van der Waals surface area (Å²) in [5.41, 5.74) is 0.383. The lowest BCUT2D eigenvalue weighted by Crippen LogP contribution is -2.44. The molecule has 1 aromatic heterocycles. The van der Waals surface area contributed by atoms with Crippen molar-refractivity contribution in [3.05, 3.63) is 94.1 Å². The largest absolute Gasteiger partial charge is 0.469 e. The summed E-state index contributed by atoms with van der Waals surface area (Å²) in [6.07, 6.45) is 1.85. The highest BCUT2D eigenvalue weighted by Crippen LogP contribution is 2.45. The van der Waals surface area contributed by atoms with Crippen molar-refractivity contribution in [3.63, 3.8) is 0 Å². The van der Waals surface area contributed by atoms with Crippen LogP contribution in [-0.2, 0) is 36.3 Å². The molecule has 1 fully saturated rings. The van der Waals surface area contributed by atoms with Crippen LogP contribution in [0.1, 0.15) is 25.3 Å². The lowest BCUT2D eigenvalue weighted by atomic mass is 9.91. The number of aromatic nitrogens is 2. The molecule has 3 aromatic carbocycles. The third-order valence-corrected chi connectivity index (χ3v) is 10.8. The van der Waals surface area contributed by atoms with Crippen LogP contribution in [0.25, 0.3) is 11.1 Å². The molecule has 0 radical (unpaired) electrons. The highest BCUT2D eigenvalue weighted by Gasteiger charge is 2.52. The SMILES string of the molecule is COC(=O)C1CCN(S(=O)(=O)c2cnc3n2[C@](C)(Cc2ccc(-c4cc(F)cc(F)c4)cc2)C(=O)N3c2cc(Cl)cc(Cl)c2)CC1. The molecule has 0 unspecified atom stereocenters. The maximum Gasteiger partial charge on any atom is 0.308 e. The second kappa shape index (κ2) is 12.1. The second-order valence-corrected chi connectivity index (χ2v) is 14.3. The highest BCUT2D eigenvalue weighted by atomic mass is 35.5. The molecule has 0 N–H and O–H groups in total. The summed E-state index contributed by atoms with van der Waals surface area (Å²) in [5.74, 6) is -2.61. The van der Waals surface area contributed by atoms with E-state index < -0.39 is 39.0 Å². The zero-order valence-corrected chi connectivity index (χ0v) is 27.0. The number of benzene rings is 3. The Labute approximate surface area is 274 Å².